The molecule has 134 valence electrons. The van der Waals surface area contributed by atoms with Crippen molar-refractivity contribution in [2.45, 2.75) is 33.0 Å². The molecule has 1 N–H and O–H groups in total. The lowest BCUT2D eigenvalue weighted by Gasteiger charge is -2.17. The topological polar surface area (TPSA) is 71.9 Å². The minimum atomic E-state index is -4.81. The number of carbonyl (C=O) groups is 1. The molecule has 2 rings (SSSR count). The lowest BCUT2D eigenvalue weighted by Crippen LogP contribution is -2.36. The maximum atomic E-state index is 14.0. The molecule has 0 saturated carbocycles. The molecule has 0 aliphatic rings. The summed E-state index contributed by atoms with van der Waals surface area (Å²) in [6, 6.07) is 2.49. The minimum Gasteiger partial charge on any atom is -0.300 e. The van der Waals surface area contributed by atoms with Crippen LogP contribution in [0.15, 0.2) is 27.8 Å². The van der Waals surface area contributed by atoms with Crippen molar-refractivity contribution in [1.29, 1.82) is 0 Å². The number of hydrogen-bond acceptors (Lipinski definition) is 3. The van der Waals surface area contributed by atoms with Crippen molar-refractivity contribution in [3.05, 3.63) is 67.2 Å². The van der Waals surface area contributed by atoms with Crippen LogP contribution in [-0.2, 0) is 23.9 Å². The van der Waals surface area contributed by atoms with Crippen molar-refractivity contribution in [3.63, 3.8) is 0 Å². The maximum Gasteiger partial charge on any atom is 0.416 e. The number of carbonyl (C=O) groups excluding carboxylic acids is 1. The smallest absolute Gasteiger partial charge is 0.300 e. The first-order valence-electron chi connectivity index (χ1n) is 7.19. The van der Waals surface area contributed by atoms with Crippen LogP contribution in [0.4, 0.5) is 17.6 Å². The Labute approximate surface area is 138 Å². The van der Waals surface area contributed by atoms with Crippen LogP contribution in [0.5, 0.6) is 0 Å². The summed E-state index contributed by atoms with van der Waals surface area (Å²) in [5.41, 5.74) is -3.74. The predicted octanol–water partition coefficient (Wildman–Crippen LogP) is 2.18. The van der Waals surface area contributed by atoms with Crippen molar-refractivity contribution in [1.82, 2.24) is 9.55 Å². The van der Waals surface area contributed by atoms with Crippen LogP contribution in [-0.4, -0.2) is 15.3 Å². The van der Waals surface area contributed by atoms with E-state index in [2.05, 4.69) is 0 Å². The number of aromatic nitrogens is 2. The Hall–Kier alpha value is -2.71. The molecule has 0 saturated heterocycles. The Kier molecular flexibility index (Phi) is 4.96. The average molecular weight is 358 g/mol. The summed E-state index contributed by atoms with van der Waals surface area (Å²) in [4.78, 5) is 37.0. The van der Waals surface area contributed by atoms with Gasteiger partial charge in [0.15, 0.2) is 0 Å². The molecule has 1 aromatic heterocycles. The number of nitrogens with one attached hydrogen (secondary N) is 1. The Morgan fingerprint density at radius 1 is 1.20 bits per heavy atom. The fraction of sp³-hybridized carbons (Fsp3) is 0.312. The van der Waals surface area contributed by atoms with E-state index in [1.165, 1.54) is 13.8 Å². The Balaban J connectivity index is 2.65. The summed E-state index contributed by atoms with van der Waals surface area (Å²) in [5, 5.41) is 0. The fourth-order valence-electron chi connectivity index (χ4n) is 2.51. The largest absolute Gasteiger partial charge is 0.416 e. The number of alkyl halides is 3. The molecular formula is C16H14F4N2O3. The SMILES string of the molecule is CC(=O)Cc1c(C)n(Cc2c(F)cccc2C(F)(F)F)c(=O)[nH]c1=O. The molecule has 1 aromatic carbocycles. The molecule has 0 spiro atoms. The lowest BCUT2D eigenvalue weighted by atomic mass is 10.1. The van der Waals surface area contributed by atoms with Gasteiger partial charge in [-0.15, -0.1) is 0 Å². The van der Waals surface area contributed by atoms with Crippen LogP contribution in [0.2, 0.25) is 0 Å². The molecule has 1 heterocycles. The van der Waals surface area contributed by atoms with Crippen molar-refractivity contribution in [2.24, 2.45) is 0 Å². The second-order valence-corrected chi connectivity index (χ2v) is 5.55. The van der Waals surface area contributed by atoms with Gasteiger partial charge < -0.3 is 0 Å². The molecule has 0 radical (unpaired) electrons. The number of benzene rings is 1. The molecular weight excluding hydrogens is 344 g/mol. The first-order chi connectivity index (χ1) is 11.5. The highest BCUT2D eigenvalue weighted by atomic mass is 19.4. The van der Waals surface area contributed by atoms with E-state index in [1.54, 1.807) is 0 Å². The van der Waals surface area contributed by atoms with Gasteiger partial charge in [0.25, 0.3) is 5.56 Å². The predicted molar refractivity (Wildman–Crippen MR) is 80.9 cm³/mol. The van der Waals surface area contributed by atoms with Gasteiger partial charge in [0.05, 0.1) is 12.1 Å². The molecule has 0 aliphatic heterocycles. The number of ketones is 1. The van der Waals surface area contributed by atoms with Gasteiger partial charge in [-0.25, -0.2) is 9.18 Å². The van der Waals surface area contributed by atoms with Crippen molar-refractivity contribution in [3.8, 4) is 0 Å². The summed E-state index contributed by atoms with van der Waals surface area (Å²) >= 11 is 0. The number of Topliss-reactive ketones (excluding diaryl/α,β-unsaturated/α-hetero) is 1. The van der Waals surface area contributed by atoms with Gasteiger partial charge in [0.1, 0.15) is 11.6 Å². The molecule has 5 nitrogen and oxygen atoms in total. The van der Waals surface area contributed by atoms with Crippen LogP contribution in [0.1, 0.15) is 29.3 Å². The van der Waals surface area contributed by atoms with Gasteiger partial charge >= 0.3 is 11.9 Å². The van der Waals surface area contributed by atoms with E-state index in [0.717, 1.165) is 16.7 Å². The van der Waals surface area contributed by atoms with Gasteiger partial charge in [0.2, 0.25) is 0 Å². The highest BCUT2D eigenvalue weighted by Gasteiger charge is 2.34. The molecule has 0 bridgehead atoms. The number of rotatable bonds is 4. The van der Waals surface area contributed by atoms with E-state index < -0.39 is 40.9 Å². The lowest BCUT2D eigenvalue weighted by molar-refractivity contribution is -0.138. The van der Waals surface area contributed by atoms with Gasteiger partial charge in [0, 0.05) is 23.2 Å². The summed E-state index contributed by atoms with van der Waals surface area (Å²) in [5.74, 6) is -1.49. The number of aromatic amines is 1. The van der Waals surface area contributed by atoms with Crippen LogP contribution < -0.4 is 11.2 Å². The molecule has 2 aromatic rings. The molecule has 0 amide bonds. The highest BCUT2D eigenvalue weighted by molar-refractivity contribution is 5.78. The van der Waals surface area contributed by atoms with Gasteiger partial charge in [-0.05, 0) is 26.0 Å². The highest BCUT2D eigenvalue weighted by Crippen LogP contribution is 2.33. The minimum absolute atomic E-state index is 0.0142. The molecule has 0 unspecified atom stereocenters. The third-order valence-corrected chi connectivity index (χ3v) is 3.75. The third-order valence-electron chi connectivity index (χ3n) is 3.75. The van der Waals surface area contributed by atoms with Crippen LogP contribution in [0.25, 0.3) is 0 Å². The first-order valence-corrected chi connectivity index (χ1v) is 7.19. The standard InChI is InChI=1S/C16H14F4N2O3/c1-8(23)6-10-9(2)22(15(25)21-14(10)24)7-11-12(16(18,19)20)4-3-5-13(11)17/h3-5H,6-7H2,1-2H3,(H,21,24,25). The second-order valence-electron chi connectivity index (χ2n) is 5.55. The van der Waals surface area contributed by atoms with Crippen molar-refractivity contribution < 1.29 is 22.4 Å². The summed E-state index contributed by atoms with van der Waals surface area (Å²) in [7, 11) is 0. The third kappa shape index (κ3) is 3.86. The number of nitrogens with zero attached hydrogens (tertiary/aromatic N) is 1. The molecule has 25 heavy (non-hydrogen) atoms. The Morgan fingerprint density at radius 3 is 2.40 bits per heavy atom. The van der Waals surface area contributed by atoms with E-state index in [0.29, 0.717) is 6.07 Å². The van der Waals surface area contributed by atoms with Crippen LogP contribution in [0.3, 0.4) is 0 Å². The monoisotopic (exact) mass is 358 g/mol. The summed E-state index contributed by atoms with van der Waals surface area (Å²) in [6.07, 6.45) is -5.09. The zero-order chi connectivity index (χ0) is 18.9. The van der Waals surface area contributed by atoms with E-state index in [4.69, 9.17) is 0 Å². The zero-order valence-electron chi connectivity index (χ0n) is 13.3. The van der Waals surface area contributed by atoms with Gasteiger partial charge in [-0.1, -0.05) is 6.07 Å². The van der Waals surface area contributed by atoms with Gasteiger partial charge in [-0.2, -0.15) is 13.2 Å². The van der Waals surface area contributed by atoms with E-state index in [9.17, 15) is 31.9 Å². The van der Waals surface area contributed by atoms with Crippen LogP contribution in [0, 0.1) is 12.7 Å². The molecule has 0 fully saturated rings. The van der Waals surface area contributed by atoms with E-state index in [1.807, 2.05) is 4.98 Å². The molecule has 0 aliphatic carbocycles. The summed E-state index contributed by atoms with van der Waals surface area (Å²) in [6.45, 7) is 1.82. The molecule has 9 heteroatoms. The van der Waals surface area contributed by atoms with Crippen molar-refractivity contribution >= 4 is 5.78 Å². The van der Waals surface area contributed by atoms with E-state index >= 15 is 0 Å². The van der Waals surface area contributed by atoms with E-state index in [-0.39, 0.29) is 23.5 Å². The quantitative estimate of drug-likeness (QED) is 0.852. The normalized spacial score (nSPS) is 11.6. The van der Waals surface area contributed by atoms with Gasteiger partial charge in [-0.3, -0.25) is 19.1 Å². The Morgan fingerprint density at radius 2 is 1.84 bits per heavy atom. The number of halogens is 4. The second kappa shape index (κ2) is 6.66. The van der Waals surface area contributed by atoms with Crippen molar-refractivity contribution in [2.75, 3.05) is 0 Å². The maximum absolute atomic E-state index is 14.0. The fourth-order valence-corrected chi connectivity index (χ4v) is 2.51. The zero-order valence-corrected chi connectivity index (χ0v) is 13.3. The van der Waals surface area contributed by atoms with Crippen LogP contribution >= 0.6 is 0 Å². The molecule has 0 atom stereocenters. The first kappa shape index (κ1) is 18.6. The average Bonchev–Trinajstić information content (AvgIpc) is 2.47. The Bertz CT molecular complexity index is 942. The number of hydrogen-bond donors (Lipinski definition) is 1. The summed E-state index contributed by atoms with van der Waals surface area (Å²) < 4.78 is 54.1. The number of H-pyrrole nitrogens is 1.